The quantitative estimate of drug-likeness (QED) is 0.426. The van der Waals surface area contributed by atoms with E-state index in [2.05, 4.69) is 43.8 Å². The van der Waals surface area contributed by atoms with Crippen LogP contribution in [0.3, 0.4) is 0 Å². The van der Waals surface area contributed by atoms with Crippen LogP contribution in [0.5, 0.6) is 0 Å². The molecule has 0 saturated carbocycles. The van der Waals surface area contributed by atoms with Crippen molar-refractivity contribution < 1.29 is 9.90 Å². The second-order valence-electron chi connectivity index (χ2n) is 8.47. The van der Waals surface area contributed by atoms with Crippen molar-refractivity contribution in [3.8, 4) is 11.3 Å². The summed E-state index contributed by atoms with van der Waals surface area (Å²) in [7, 11) is 4.14. The zero-order valence-corrected chi connectivity index (χ0v) is 20.3. The summed E-state index contributed by atoms with van der Waals surface area (Å²) in [6, 6.07) is 6.04. The van der Waals surface area contributed by atoms with Gasteiger partial charge in [-0.25, -0.2) is 4.98 Å². The van der Waals surface area contributed by atoms with Crippen LogP contribution >= 0.6 is 22.9 Å². The minimum absolute atomic E-state index is 0.113. The number of aliphatic carboxylic acids is 1. The number of nitrogens with zero attached hydrogens (tertiary/aromatic N) is 3. The largest absolute Gasteiger partial charge is 0.481 e. The third-order valence-electron chi connectivity index (χ3n) is 4.86. The monoisotopic (exact) mass is 451 g/mol. The molecule has 5 nitrogen and oxygen atoms in total. The van der Waals surface area contributed by atoms with E-state index in [1.54, 1.807) is 11.3 Å². The Morgan fingerprint density at radius 3 is 2.50 bits per heavy atom. The smallest absolute Gasteiger partial charge is 0.305 e. The molecular formula is C23H34ClN3O2S. The third kappa shape index (κ3) is 7.56. The lowest BCUT2D eigenvalue weighted by atomic mass is 10.0. The lowest BCUT2D eigenvalue weighted by Crippen LogP contribution is -2.28. The first-order valence-electron chi connectivity index (χ1n) is 10.5. The Bertz CT molecular complexity index is 836. The van der Waals surface area contributed by atoms with Gasteiger partial charge < -0.3 is 14.9 Å². The number of unbranched alkanes of at least 4 members (excludes halogenated alkanes) is 1. The standard InChI is InChI=1S/C23H34ClN3O2S/c1-16(2)14-20-22(18-8-9-19(24)17(3)15-18)25-23(30-20)27(13-10-21(28)29)12-7-6-11-26(4)5/h8-9,15-16H,6-7,10-14H2,1-5H3,(H,28,29). The Morgan fingerprint density at radius 1 is 1.20 bits per heavy atom. The summed E-state index contributed by atoms with van der Waals surface area (Å²) in [4.78, 5) is 21.8. The highest BCUT2D eigenvalue weighted by Gasteiger charge is 2.19. The number of anilines is 1. The molecule has 7 heteroatoms. The van der Waals surface area contributed by atoms with Gasteiger partial charge in [-0.05, 0) is 70.4 Å². The normalized spacial score (nSPS) is 11.5. The Hall–Kier alpha value is -1.63. The number of aryl methyl sites for hydroxylation is 1. The van der Waals surface area contributed by atoms with Crippen LogP contribution < -0.4 is 4.90 Å². The number of halogens is 1. The Morgan fingerprint density at radius 2 is 1.90 bits per heavy atom. The summed E-state index contributed by atoms with van der Waals surface area (Å²) in [6.45, 7) is 8.74. The molecule has 1 heterocycles. The molecule has 30 heavy (non-hydrogen) atoms. The maximum absolute atomic E-state index is 11.2. The predicted octanol–water partition coefficient (Wildman–Crippen LogP) is 5.59. The van der Waals surface area contributed by atoms with Crippen molar-refractivity contribution in [3.05, 3.63) is 33.7 Å². The van der Waals surface area contributed by atoms with Gasteiger partial charge in [0.2, 0.25) is 0 Å². The van der Waals surface area contributed by atoms with Crippen LogP contribution in [-0.4, -0.2) is 54.7 Å². The Kier molecular flexibility index (Phi) is 9.59. The average Bonchev–Trinajstić information content (AvgIpc) is 3.05. The molecule has 0 aliphatic heterocycles. The molecule has 0 amide bonds. The molecule has 1 aromatic carbocycles. The first-order chi connectivity index (χ1) is 14.2. The molecule has 0 spiro atoms. The van der Waals surface area contributed by atoms with Gasteiger partial charge in [-0.2, -0.15) is 0 Å². The van der Waals surface area contributed by atoms with Gasteiger partial charge in [0.1, 0.15) is 0 Å². The number of carboxylic acid groups (broad SMARTS) is 1. The van der Waals surface area contributed by atoms with Crippen molar-refractivity contribution in [3.63, 3.8) is 0 Å². The number of benzene rings is 1. The molecule has 0 radical (unpaired) electrons. The minimum atomic E-state index is -0.777. The molecule has 0 fully saturated rings. The Balaban J connectivity index is 2.32. The van der Waals surface area contributed by atoms with E-state index in [4.69, 9.17) is 16.6 Å². The summed E-state index contributed by atoms with van der Waals surface area (Å²) < 4.78 is 0. The summed E-state index contributed by atoms with van der Waals surface area (Å²) >= 11 is 7.92. The fraction of sp³-hybridized carbons (Fsp3) is 0.565. The van der Waals surface area contributed by atoms with Crippen LogP contribution in [0.25, 0.3) is 11.3 Å². The maximum atomic E-state index is 11.2. The topological polar surface area (TPSA) is 56.7 Å². The van der Waals surface area contributed by atoms with E-state index in [0.717, 1.165) is 59.3 Å². The fourth-order valence-electron chi connectivity index (χ4n) is 3.27. The average molecular weight is 452 g/mol. The second kappa shape index (κ2) is 11.7. The van der Waals surface area contributed by atoms with Crippen molar-refractivity contribution in [1.29, 1.82) is 0 Å². The lowest BCUT2D eigenvalue weighted by Gasteiger charge is -2.21. The van der Waals surface area contributed by atoms with Crippen molar-refractivity contribution in [1.82, 2.24) is 9.88 Å². The highest BCUT2D eigenvalue weighted by atomic mass is 35.5. The summed E-state index contributed by atoms with van der Waals surface area (Å²) in [5.41, 5.74) is 3.10. The van der Waals surface area contributed by atoms with E-state index < -0.39 is 5.97 Å². The van der Waals surface area contributed by atoms with Crippen molar-refractivity contribution >= 4 is 34.0 Å². The van der Waals surface area contributed by atoms with Crippen molar-refractivity contribution in [2.24, 2.45) is 5.92 Å². The highest BCUT2D eigenvalue weighted by molar-refractivity contribution is 7.16. The molecule has 0 bridgehead atoms. The number of carboxylic acids is 1. The maximum Gasteiger partial charge on any atom is 0.305 e. The van der Waals surface area contributed by atoms with Crippen molar-refractivity contribution in [2.45, 2.75) is 46.5 Å². The van der Waals surface area contributed by atoms with E-state index in [9.17, 15) is 9.90 Å². The number of rotatable bonds is 12. The summed E-state index contributed by atoms with van der Waals surface area (Å²) in [6.07, 6.45) is 3.14. The van der Waals surface area contributed by atoms with Crippen LogP contribution in [-0.2, 0) is 11.2 Å². The van der Waals surface area contributed by atoms with Gasteiger partial charge in [0.15, 0.2) is 5.13 Å². The first kappa shape index (κ1) is 24.6. The van der Waals surface area contributed by atoms with Gasteiger partial charge in [-0.15, -0.1) is 11.3 Å². The number of aromatic nitrogens is 1. The highest BCUT2D eigenvalue weighted by Crippen LogP contribution is 2.36. The van der Waals surface area contributed by atoms with Gasteiger partial charge in [0, 0.05) is 28.6 Å². The molecule has 2 aromatic rings. The first-order valence-corrected chi connectivity index (χ1v) is 11.7. The Labute approximate surface area is 189 Å². The molecule has 0 aliphatic carbocycles. The van der Waals surface area contributed by atoms with Gasteiger partial charge >= 0.3 is 5.97 Å². The number of hydrogen-bond acceptors (Lipinski definition) is 5. The van der Waals surface area contributed by atoms with E-state index in [-0.39, 0.29) is 6.42 Å². The molecule has 0 atom stereocenters. The van der Waals surface area contributed by atoms with Crippen LogP contribution in [0.15, 0.2) is 18.2 Å². The SMILES string of the molecule is Cc1cc(-c2nc(N(CCCCN(C)C)CCC(=O)O)sc2CC(C)C)ccc1Cl. The molecule has 166 valence electrons. The van der Waals surface area contributed by atoms with E-state index in [1.165, 1.54) is 4.88 Å². The summed E-state index contributed by atoms with van der Waals surface area (Å²) in [5, 5.41) is 10.9. The fourth-order valence-corrected chi connectivity index (χ4v) is 4.73. The molecular weight excluding hydrogens is 418 g/mol. The van der Waals surface area contributed by atoms with Gasteiger partial charge in [-0.3, -0.25) is 4.79 Å². The number of thiazole rings is 1. The molecule has 1 N–H and O–H groups in total. The van der Waals surface area contributed by atoms with Crippen LogP contribution in [0.1, 0.15) is 43.6 Å². The number of carbonyl (C=O) groups is 1. The predicted molar refractivity (Wildman–Crippen MR) is 128 cm³/mol. The van der Waals surface area contributed by atoms with E-state index in [0.29, 0.717) is 12.5 Å². The van der Waals surface area contributed by atoms with Gasteiger partial charge in [0.05, 0.1) is 12.1 Å². The number of hydrogen-bond donors (Lipinski definition) is 1. The lowest BCUT2D eigenvalue weighted by molar-refractivity contribution is -0.136. The van der Waals surface area contributed by atoms with Gasteiger partial charge in [-0.1, -0.05) is 31.5 Å². The minimum Gasteiger partial charge on any atom is -0.481 e. The van der Waals surface area contributed by atoms with Crippen molar-refractivity contribution in [2.75, 3.05) is 38.6 Å². The van der Waals surface area contributed by atoms with E-state index in [1.807, 2.05) is 19.1 Å². The molecule has 0 aliphatic rings. The second-order valence-corrected chi connectivity index (χ2v) is 9.94. The zero-order chi connectivity index (χ0) is 22.3. The summed E-state index contributed by atoms with van der Waals surface area (Å²) in [5.74, 6) is -0.265. The zero-order valence-electron chi connectivity index (χ0n) is 18.7. The molecule has 0 unspecified atom stereocenters. The third-order valence-corrected chi connectivity index (χ3v) is 6.42. The molecule has 0 saturated heterocycles. The van der Waals surface area contributed by atoms with Crippen LogP contribution in [0.4, 0.5) is 5.13 Å². The van der Waals surface area contributed by atoms with Crippen LogP contribution in [0.2, 0.25) is 5.02 Å². The van der Waals surface area contributed by atoms with Gasteiger partial charge in [0.25, 0.3) is 0 Å². The molecule has 2 rings (SSSR count). The molecule has 1 aromatic heterocycles. The van der Waals surface area contributed by atoms with Crippen LogP contribution in [0, 0.1) is 12.8 Å². The van der Waals surface area contributed by atoms with E-state index >= 15 is 0 Å².